The summed E-state index contributed by atoms with van der Waals surface area (Å²) in [6.45, 7) is 4.16. The molecule has 1 atom stereocenters. The van der Waals surface area contributed by atoms with Gasteiger partial charge in [-0.3, -0.25) is 4.79 Å². The van der Waals surface area contributed by atoms with Crippen LogP contribution in [0.2, 0.25) is 0 Å². The highest BCUT2D eigenvalue weighted by Gasteiger charge is 2.15. The van der Waals surface area contributed by atoms with Gasteiger partial charge in [0.1, 0.15) is 5.75 Å². The molecule has 0 saturated carbocycles. The van der Waals surface area contributed by atoms with Gasteiger partial charge in [-0.15, -0.1) is 0 Å². The summed E-state index contributed by atoms with van der Waals surface area (Å²) in [5, 5.41) is 11.6. The molecule has 1 aromatic rings. The van der Waals surface area contributed by atoms with Crippen molar-refractivity contribution in [3.05, 3.63) is 29.3 Å². The standard InChI is InChI=1S/C14H19NO5/c1-9-8-11(4-5-12(9)14(17)18)20-10(2)13(16)15-6-7-19-3/h4-5,8,10H,6-7H2,1-3H3,(H,15,16)(H,17,18). The van der Waals surface area contributed by atoms with E-state index in [0.717, 1.165) is 0 Å². The number of aromatic carboxylic acids is 1. The summed E-state index contributed by atoms with van der Waals surface area (Å²) in [6, 6.07) is 4.60. The molecule has 2 N–H and O–H groups in total. The second-order valence-corrected chi connectivity index (χ2v) is 4.33. The number of carbonyl (C=O) groups is 2. The van der Waals surface area contributed by atoms with Crippen LogP contribution in [0.5, 0.6) is 5.75 Å². The van der Waals surface area contributed by atoms with E-state index in [1.807, 2.05) is 0 Å². The highest BCUT2D eigenvalue weighted by atomic mass is 16.5. The highest BCUT2D eigenvalue weighted by Crippen LogP contribution is 2.18. The summed E-state index contributed by atoms with van der Waals surface area (Å²) < 4.78 is 10.3. The molecule has 0 aromatic heterocycles. The molecular formula is C14H19NO5. The van der Waals surface area contributed by atoms with Crippen molar-refractivity contribution in [2.75, 3.05) is 20.3 Å². The van der Waals surface area contributed by atoms with Crippen LogP contribution in [-0.2, 0) is 9.53 Å². The lowest BCUT2D eigenvalue weighted by Gasteiger charge is -2.15. The summed E-state index contributed by atoms with van der Waals surface area (Å²) in [6.07, 6.45) is -0.665. The van der Waals surface area contributed by atoms with Crippen molar-refractivity contribution in [3.63, 3.8) is 0 Å². The molecule has 0 radical (unpaired) electrons. The number of benzene rings is 1. The van der Waals surface area contributed by atoms with Gasteiger partial charge in [-0.25, -0.2) is 4.79 Å². The molecule has 6 nitrogen and oxygen atoms in total. The van der Waals surface area contributed by atoms with E-state index in [1.54, 1.807) is 27.0 Å². The summed E-state index contributed by atoms with van der Waals surface area (Å²) >= 11 is 0. The zero-order chi connectivity index (χ0) is 15.1. The SMILES string of the molecule is COCCNC(=O)C(C)Oc1ccc(C(=O)O)c(C)c1. The maximum absolute atomic E-state index is 11.7. The van der Waals surface area contributed by atoms with Crippen LogP contribution in [0.15, 0.2) is 18.2 Å². The van der Waals surface area contributed by atoms with Crippen molar-refractivity contribution in [1.29, 1.82) is 0 Å². The second-order valence-electron chi connectivity index (χ2n) is 4.33. The minimum atomic E-state index is -0.987. The number of rotatable bonds is 7. The second kappa shape index (κ2) is 7.49. The molecule has 0 fully saturated rings. The van der Waals surface area contributed by atoms with Crippen LogP contribution in [0.1, 0.15) is 22.8 Å². The number of amides is 1. The topological polar surface area (TPSA) is 84.9 Å². The van der Waals surface area contributed by atoms with Gasteiger partial charge in [0.2, 0.25) is 0 Å². The third kappa shape index (κ3) is 4.55. The molecule has 0 aliphatic rings. The average molecular weight is 281 g/mol. The molecule has 0 aliphatic heterocycles. The maximum Gasteiger partial charge on any atom is 0.335 e. The lowest BCUT2D eigenvalue weighted by atomic mass is 10.1. The van der Waals surface area contributed by atoms with E-state index in [-0.39, 0.29) is 11.5 Å². The summed E-state index contributed by atoms with van der Waals surface area (Å²) in [7, 11) is 1.55. The number of aryl methyl sites for hydroxylation is 1. The number of hydrogen-bond donors (Lipinski definition) is 2. The molecule has 0 bridgehead atoms. The number of hydrogen-bond acceptors (Lipinski definition) is 4. The molecule has 110 valence electrons. The van der Waals surface area contributed by atoms with Crippen molar-refractivity contribution in [3.8, 4) is 5.75 Å². The minimum Gasteiger partial charge on any atom is -0.481 e. The van der Waals surface area contributed by atoms with Gasteiger partial charge in [0.25, 0.3) is 5.91 Å². The average Bonchev–Trinajstić information content (AvgIpc) is 2.38. The predicted octanol–water partition coefficient (Wildman–Crippen LogP) is 1.22. The molecule has 1 aromatic carbocycles. The highest BCUT2D eigenvalue weighted by molar-refractivity contribution is 5.89. The fraction of sp³-hybridized carbons (Fsp3) is 0.429. The Bertz CT molecular complexity index is 486. The van der Waals surface area contributed by atoms with Crippen LogP contribution in [-0.4, -0.2) is 43.3 Å². The van der Waals surface area contributed by atoms with Crippen LogP contribution in [0.25, 0.3) is 0 Å². The van der Waals surface area contributed by atoms with Crippen LogP contribution >= 0.6 is 0 Å². The molecule has 0 saturated heterocycles. The fourth-order valence-corrected chi connectivity index (χ4v) is 1.63. The third-order valence-electron chi connectivity index (χ3n) is 2.72. The number of carboxylic acids is 1. The first-order valence-electron chi connectivity index (χ1n) is 6.23. The number of ether oxygens (including phenoxy) is 2. The molecule has 1 amide bonds. The van der Waals surface area contributed by atoms with Crippen LogP contribution < -0.4 is 10.1 Å². The Labute approximate surface area is 117 Å². The largest absolute Gasteiger partial charge is 0.481 e. The Hall–Kier alpha value is -2.08. The van der Waals surface area contributed by atoms with Gasteiger partial charge < -0.3 is 19.9 Å². The van der Waals surface area contributed by atoms with Crippen LogP contribution in [0, 0.1) is 6.92 Å². The molecule has 0 aliphatic carbocycles. The first kappa shape index (κ1) is 16.0. The lowest BCUT2D eigenvalue weighted by molar-refractivity contribution is -0.127. The van der Waals surface area contributed by atoms with Gasteiger partial charge >= 0.3 is 5.97 Å². The predicted molar refractivity (Wildman–Crippen MR) is 73.1 cm³/mol. The van der Waals surface area contributed by atoms with Crippen molar-refractivity contribution in [1.82, 2.24) is 5.32 Å². The molecular weight excluding hydrogens is 262 g/mol. The van der Waals surface area contributed by atoms with E-state index in [2.05, 4.69) is 5.32 Å². The van der Waals surface area contributed by atoms with Gasteiger partial charge in [0, 0.05) is 13.7 Å². The molecule has 1 unspecified atom stereocenters. The Morgan fingerprint density at radius 2 is 2.10 bits per heavy atom. The van der Waals surface area contributed by atoms with E-state index < -0.39 is 12.1 Å². The molecule has 20 heavy (non-hydrogen) atoms. The zero-order valence-electron chi connectivity index (χ0n) is 11.8. The number of carbonyl (C=O) groups excluding carboxylic acids is 1. The maximum atomic E-state index is 11.7. The summed E-state index contributed by atoms with van der Waals surface area (Å²) in [5.41, 5.74) is 0.802. The fourth-order valence-electron chi connectivity index (χ4n) is 1.63. The molecule has 1 rings (SSSR count). The van der Waals surface area contributed by atoms with E-state index in [0.29, 0.717) is 24.5 Å². The van der Waals surface area contributed by atoms with Crippen LogP contribution in [0.3, 0.4) is 0 Å². The van der Waals surface area contributed by atoms with Crippen molar-refractivity contribution < 1.29 is 24.2 Å². The number of carboxylic acid groups (broad SMARTS) is 1. The van der Waals surface area contributed by atoms with Gasteiger partial charge in [0.15, 0.2) is 6.10 Å². The Morgan fingerprint density at radius 3 is 2.65 bits per heavy atom. The lowest BCUT2D eigenvalue weighted by Crippen LogP contribution is -2.37. The Morgan fingerprint density at radius 1 is 1.40 bits per heavy atom. The normalized spacial score (nSPS) is 11.8. The van der Waals surface area contributed by atoms with Crippen molar-refractivity contribution >= 4 is 11.9 Å². The Kier molecular flexibility index (Phi) is 5.99. The monoisotopic (exact) mass is 281 g/mol. The smallest absolute Gasteiger partial charge is 0.335 e. The third-order valence-corrected chi connectivity index (χ3v) is 2.72. The molecule has 6 heteroatoms. The van der Waals surface area contributed by atoms with Gasteiger partial charge in [-0.1, -0.05) is 0 Å². The van der Waals surface area contributed by atoms with E-state index in [9.17, 15) is 9.59 Å². The minimum absolute atomic E-state index is 0.217. The number of nitrogens with one attached hydrogen (secondary N) is 1. The van der Waals surface area contributed by atoms with E-state index in [4.69, 9.17) is 14.6 Å². The van der Waals surface area contributed by atoms with Crippen LogP contribution in [0.4, 0.5) is 0 Å². The van der Waals surface area contributed by atoms with Gasteiger partial charge in [0.05, 0.1) is 12.2 Å². The molecule has 0 heterocycles. The van der Waals surface area contributed by atoms with Crippen molar-refractivity contribution in [2.24, 2.45) is 0 Å². The first-order chi connectivity index (χ1) is 9.45. The van der Waals surface area contributed by atoms with Gasteiger partial charge in [-0.2, -0.15) is 0 Å². The first-order valence-corrected chi connectivity index (χ1v) is 6.23. The van der Waals surface area contributed by atoms with E-state index >= 15 is 0 Å². The summed E-state index contributed by atoms with van der Waals surface area (Å²) in [4.78, 5) is 22.6. The number of methoxy groups -OCH3 is 1. The van der Waals surface area contributed by atoms with E-state index in [1.165, 1.54) is 12.1 Å². The zero-order valence-corrected chi connectivity index (χ0v) is 11.8. The Balaban J connectivity index is 2.62. The summed E-state index contributed by atoms with van der Waals surface area (Å²) in [5.74, 6) is -0.775. The quantitative estimate of drug-likeness (QED) is 0.734. The van der Waals surface area contributed by atoms with Crippen molar-refractivity contribution in [2.45, 2.75) is 20.0 Å². The molecule has 0 spiro atoms. The van der Waals surface area contributed by atoms with Gasteiger partial charge in [-0.05, 0) is 37.6 Å².